The van der Waals surface area contributed by atoms with E-state index in [2.05, 4.69) is 12.2 Å². The molecule has 0 radical (unpaired) electrons. The Bertz CT molecular complexity index is 1040. The zero-order valence-corrected chi connectivity index (χ0v) is 19.1. The van der Waals surface area contributed by atoms with Crippen molar-refractivity contribution in [2.45, 2.75) is 50.8 Å². The monoisotopic (exact) mass is 448 g/mol. The number of aryl methyl sites for hydroxylation is 1. The zero-order valence-electron chi connectivity index (χ0n) is 17.4. The Morgan fingerprint density at radius 1 is 1.27 bits per heavy atom. The Morgan fingerprint density at radius 3 is 2.77 bits per heavy atom. The van der Waals surface area contributed by atoms with Gasteiger partial charge in [-0.3, -0.25) is 4.79 Å². The molecule has 1 aliphatic carbocycles. The fourth-order valence-electron chi connectivity index (χ4n) is 4.14. The average Bonchev–Trinajstić information content (AvgIpc) is 3.39. The van der Waals surface area contributed by atoms with Gasteiger partial charge >= 0.3 is 0 Å². The molecular weight excluding hydrogens is 420 g/mol. The van der Waals surface area contributed by atoms with Crippen LogP contribution in [0.25, 0.3) is 0 Å². The Labute approximate surface area is 182 Å². The van der Waals surface area contributed by atoms with Gasteiger partial charge in [0.25, 0.3) is 5.91 Å². The van der Waals surface area contributed by atoms with Crippen molar-refractivity contribution in [3.05, 3.63) is 39.6 Å². The predicted molar refractivity (Wildman–Crippen MR) is 119 cm³/mol. The van der Waals surface area contributed by atoms with Crippen molar-refractivity contribution in [1.82, 2.24) is 4.31 Å². The van der Waals surface area contributed by atoms with Crippen LogP contribution in [0.15, 0.2) is 29.2 Å². The molecule has 0 bridgehead atoms. The number of nitrogens with one attached hydrogen (secondary N) is 1. The molecule has 1 aliphatic heterocycles. The van der Waals surface area contributed by atoms with Gasteiger partial charge in [-0.05, 0) is 74.8 Å². The summed E-state index contributed by atoms with van der Waals surface area (Å²) in [6, 6.07) is 6.83. The average molecular weight is 449 g/mol. The van der Waals surface area contributed by atoms with Crippen LogP contribution >= 0.6 is 11.3 Å². The van der Waals surface area contributed by atoms with Crippen molar-refractivity contribution in [1.29, 1.82) is 0 Å². The molecule has 2 aliphatic rings. The first kappa shape index (κ1) is 21.3. The largest absolute Gasteiger partial charge is 0.492 e. The van der Waals surface area contributed by atoms with Gasteiger partial charge in [-0.2, -0.15) is 4.31 Å². The summed E-state index contributed by atoms with van der Waals surface area (Å²) in [6.45, 7) is 5.46. The van der Waals surface area contributed by atoms with E-state index in [4.69, 9.17) is 4.74 Å². The molecule has 0 spiro atoms. The lowest BCUT2D eigenvalue weighted by Crippen LogP contribution is -2.28. The second-order valence-electron chi connectivity index (χ2n) is 8.07. The van der Waals surface area contributed by atoms with E-state index in [0.29, 0.717) is 41.9 Å². The maximum Gasteiger partial charge on any atom is 0.265 e. The Hall–Kier alpha value is -1.90. The fourth-order valence-corrected chi connectivity index (χ4v) is 6.92. The fraction of sp³-hybridized carbons (Fsp3) is 0.500. The number of benzene rings is 1. The highest BCUT2D eigenvalue weighted by Crippen LogP contribution is 2.34. The summed E-state index contributed by atoms with van der Waals surface area (Å²) < 4.78 is 33.3. The molecule has 6 nitrogen and oxygen atoms in total. The van der Waals surface area contributed by atoms with E-state index in [1.54, 1.807) is 23.5 Å². The van der Waals surface area contributed by atoms with Crippen molar-refractivity contribution in [2.24, 2.45) is 5.92 Å². The summed E-state index contributed by atoms with van der Waals surface area (Å²) in [5.74, 6) is 0.770. The van der Waals surface area contributed by atoms with Gasteiger partial charge in [-0.15, -0.1) is 11.3 Å². The van der Waals surface area contributed by atoms with E-state index in [1.165, 1.54) is 20.8 Å². The number of carbonyl (C=O) groups excluding carboxylic acids is 1. The zero-order chi connectivity index (χ0) is 21.3. The number of sulfonamides is 1. The number of hydrogen-bond donors (Lipinski definition) is 1. The van der Waals surface area contributed by atoms with Crippen LogP contribution in [-0.4, -0.2) is 38.3 Å². The smallest absolute Gasteiger partial charge is 0.265 e. The summed E-state index contributed by atoms with van der Waals surface area (Å²) in [4.78, 5) is 14.9. The van der Waals surface area contributed by atoms with Crippen LogP contribution in [0.1, 0.15) is 53.2 Å². The number of fused-ring (bicyclic) bond motifs is 1. The van der Waals surface area contributed by atoms with Crippen LogP contribution in [0.3, 0.4) is 0 Å². The molecule has 1 fully saturated rings. The van der Waals surface area contributed by atoms with Gasteiger partial charge in [-0.1, -0.05) is 6.92 Å². The number of thiophene rings is 1. The molecule has 1 aromatic carbocycles. The molecule has 1 atom stereocenters. The minimum atomic E-state index is -3.66. The molecule has 4 rings (SSSR count). The van der Waals surface area contributed by atoms with E-state index in [9.17, 15) is 13.2 Å². The third kappa shape index (κ3) is 4.26. The number of anilines is 1. The minimum absolute atomic E-state index is 0.114. The molecular formula is C22H28N2O4S2. The summed E-state index contributed by atoms with van der Waals surface area (Å²) in [5.41, 5.74) is 1.73. The number of rotatable bonds is 6. The summed E-state index contributed by atoms with van der Waals surface area (Å²) in [7, 11) is -3.66. The van der Waals surface area contributed by atoms with Crippen molar-refractivity contribution in [3.8, 4) is 5.75 Å². The molecule has 30 heavy (non-hydrogen) atoms. The Balaban J connectivity index is 1.59. The lowest BCUT2D eigenvalue weighted by atomic mass is 9.90. The summed E-state index contributed by atoms with van der Waals surface area (Å²) in [5, 5.41) is 2.88. The van der Waals surface area contributed by atoms with Gasteiger partial charge in [0.05, 0.1) is 11.5 Å². The van der Waals surface area contributed by atoms with E-state index >= 15 is 0 Å². The Morgan fingerprint density at radius 2 is 2.03 bits per heavy atom. The minimum Gasteiger partial charge on any atom is -0.492 e. The molecule has 162 valence electrons. The molecule has 0 saturated carbocycles. The maximum atomic E-state index is 13.1. The molecule has 2 heterocycles. The van der Waals surface area contributed by atoms with Crippen LogP contribution < -0.4 is 10.1 Å². The standard InChI is InChI=1S/C22H28N2O4S2/c1-3-28-18-8-7-17(14-21(18)30(26,27)24-10-4-5-11-24)23-22(25)20-13-16-12-15(2)6-9-19(16)29-20/h7-8,13-15H,3-6,9-12H2,1-2H3,(H,23,25)/t15-/m0/s1. The molecule has 1 aromatic heterocycles. The molecule has 2 aromatic rings. The van der Waals surface area contributed by atoms with E-state index in [0.717, 1.165) is 32.1 Å². The second kappa shape index (κ2) is 8.69. The van der Waals surface area contributed by atoms with Crippen molar-refractivity contribution < 1.29 is 17.9 Å². The number of hydrogen-bond acceptors (Lipinski definition) is 5. The number of amides is 1. The molecule has 1 amide bonds. The number of ether oxygens (including phenoxy) is 1. The summed E-state index contributed by atoms with van der Waals surface area (Å²) >= 11 is 1.54. The van der Waals surface area contributed by atoms with Crippen molar-refractivity contribution >= 4 is 33.0 Å². The summed E-state index contributed by atoms with van der Waals surface area (Å²) in [6.07, 6.45) is 4.92. The van der Waals surface area contributed by atoms with E-state index in [1.807, 2.05) is 13.0 Å². The van der Waals surface area contributed by atoms with Gasteiger partial charge in [-0.25, -0.2) is 8.42 Å². The van der Waals surface area contributed by atoms with E-state index in [-0.39, 0.29) is 10.8 Å². The molecule has 0 unspecified atom stereocenters. The lowest BCUT2D eigenvalue weighted by molar-refractivity contribution is 0.103. The van der Waals surface area contributed by atoms with Crippen molar-refractivity contribution in [2.75, 3.05) is 25.0 Å². The molecule has 1 N–H and O–H groups in total. The maximum absolute atomic E-state index is 13.1. The highest BCUT2D eigenvalue weighted by Gasteiger charge is 2.30. The quantitative estimate of drug-likeness (QED) is 0.715. The normalized spacial score (nSPS) is 19.5. The van der Waals surface area contributed by atoms with Crippen LogP contribution in [0.4, 0.5) is 5.69 Å². The number of carbonyl (C=O) groups is 1. The third-order valence-corrected chi connectivity index (χ3v) is 8.89. The highest BCUT2D eigenvalue weighted by atomic mass is 32.2. The Kier molecular flexibility index (Phi) is 6.18. The first-order chi connectivity index (χ1) is 14.4. The predicted octanol–water partition coefficient (Wildman–Crippen LogP) is 4.31. The lowest BCUT2D eigenvalue weighted by Gasteiger charge is -2.19. The van der Waals surface area contributed by atoms with Gasteiger partial charge in [0.1, 0.15) is 10.6 Å². The van der Waals surface area contributed by atoms with Gasteiger partial charge in [0.15, 0.2) is 0 Å². The molecule has 1 saturated heterocycles. The van der Waals surface area contributed by atoms with Gasteiger partial charge in [0.2, 0.25) is 10.0 Å². The third-order valence-electron chi connectivity index (χ3n) is 5.74. The van der Waals surface area contributed by atoms with Crippen LogP contribution in [-0.2, 0) is 22.9 Å². The van der Waals surface area contributed by atoms with Gasteiger partial charge < -0.3 is 10.1 Å². The van der Waals surface area contributed by atoms with Crippen molar-refractivity contribution in [3.63, 3.8) is 0 Å². The van der Waals surface area contributed by atoms with Crippen LogP contribution in [0.2, 0.25) is 0 Å². The second-order valence-corrected chi connectivity index (χ2v) is 11.1. The first-order valence-electron chi connectivity index (χ1n) is 10.6. The first-order valence-corrected chi connectivity index (χ1v) is 12.8. The van der Waals surface area contributed by atoms with Crippen LogP contribution in [0.5, 0.6) is 5.75 Å². The SMILES string of the molecule is CCOc1ccc(NC(=O)c2cc3c(s2)CC[C@H](C)C3)cc1S(=O)(=O)N1CCCC1. The molecule has 8 heteroatoms. The topological polar surface area (TPSA) is 75.7 Å². The van der Waals surface area contributed by atoms with E-state index < -0.39 is 10.0 Å². The van der Waals surface area contributed by atoms with Crippen LogP contribution in [0, 0.1) is 5.92 Å². The number of nitrogens with zero attached hydrogens (tertiary/aromatic N) is 1. The highest BCUT2D eigenvalue weighted by molar-refractivity contribution is 7.89. The van der Waals surface area contributed by atoms with Gasteiger partial charge in [0, 0.05) is 23.7 Å².